The van der Waals surface area contributed by atoms with Crippen LogP contribution in [0.25, 0.3) is 22.3 Å². The lowest BCUT2D eigenvalue weighted by Gasteiger charge is -2.39. The Morgan fingerprint density at radius 1 is 0.613 bits per heavy atom. The van der Waals surface area contributed by atoms with Crippen molar-refractivity contribution >= 4 is 16.9 Å². The summed E-state index contributed by atoms with van der Waals surface area (Å²) in [6.07, 6.45) is 0. The summed E-state index contributed by atoms with van der Waals surface area (Å²) in [6.45, 7) is 0. The number of rotatable bonds is 2. The topological polar surface area (TPSA) is 37.3 Å². The maximum Gasteiger partial charge on any atom is 0.174 e. The highest BCUT2D eigenvalue weighted by Crippen LogP contribution is 2.62. The van der Waals surface area contributed by atoms with Crippen LogP contribution in [0.1, 0.15) is 28.2 Å². The van der Waals surface area contributed by atoms with E-state index in [1.807, 2.05) is 103 Å². The molecular weight excluding hydrogens is 380 g/mol. The van der Waals surface area contributed by atoms with Crippen molar-refractivity contribution in [2.24, 2.45) is 0 Å². The first kappa shape index (κ1) is 18.1. The molecule has 0 fully saturated rings. The number of carbonyl (C=O) groups excluding carboxylic acids is 1. The largest absolute Gasteiger partial charge is 0.379 e. The Kier molecular flexibility index (Phi) is 3.86. The van der Waals surface area contributed by atoms with Crippen molar-refractivity contribution in [2.45, 2.75) is 11.5 Å². The zero-order valence-corrected chi connectivity index (χ0v) is 16.8. The fourth-order valence-corrected chi connectivity index (χ4v) is 5.34. The van der Waals surface area contributed by atoms with Crippen LogP contribution in [0.3, 0.4) is 0 Å². The molecule has 0 saturated carbocycles. The van der Waals surface area contributed by atoms with Crippen LogP contribution in [0.5, 0.6) is 0 Å². The molecule has 4 aromatic rings. The average Bonchev–Trinajstić information content (AvgIpc) is 3.08. The molecule has 2 aliphatic carbocycles. The maximum atomic E-state index is 14.1. The van der Waals surface area contributed by atoms with Gasteiger partial charge in [-0.3, -0.25) is 4.79 Å². The van der Waals surface area contributed by atoms with E-state index in [1.165, 1.54) is 0 Å². The van der Waals surface area contributed by atoms with Crippen LogP contribution < -0.4 is 0 Å². The molecular formula is C29H20O2. The van der Waals surface area contributed by atoms with Gasteiger partial charge in [0.1, 0.15) is 5.60 Å². The maximum absolute atomic E-state index is 14.1. The molecule has 0 amide bonds. The van der Waals surface area contributed by atoms with Gasteiger partial charge in [-0.1, -0.05) is 109 Å². The zero-order chi connectivity index (χ0) is 21.0. The SMILES string of the molecule is O=C1C(c2ccccc2)=C2c3ccccc3-c3ccccc3[C@@]2(O)[C@H]1c1ccccc1. The predicted molar refractivity (Wildman–Crippen MR) is 123 cm³/mol. The number of hydrogen-bond donors (Lipinski definition) is 1. The first-order valence-corrected chi connectivity index (χ1v) is 10.5. The zero-order valence-electron chi connectivity index (χ0n) is 16.8. The molecule has 148 valence electrons. The molecule has 31 heavy (non-hydrogen) atoms. The van der Waals surface area contributed by atoms with Gasteiger partial charge in [-0.15, -0.1) is 0 Å². The van der Waals surface area contributed by atoms with E-state index < -0.39 is 11.5 Å². The Hall–Kier alpha value is -3.75. The van der Waals surface area contributed by atoms with Crippen molar-refractivity contribution < 1.29 is 9.90 Å². The second-order valence-corrected chi connectivity index (χ2v) is 8.18. The smallest absolute Gasteiger partial charge is 0.174 e. The molecule has 1 N–H and O–H groups in total. The summed E-state index contributed by atoms with van der Waals surface area (Å²) in [5, 5.41) is 12.5. The van der Waals surface area contributed by atoms with E-state index in [-0.39, 0.29) is 5.78 Å². The third-order valence-electron chi connectivity index (χ3n) is 6.58. The average molecular weight is 400 g/mol. The highest BCUT2D eigenvalue weighted by molar-refractivity contribution is 6.36. The number of carbonyl (C=O) groups is 1. The summed E-state index contributed by atoms with van der Waals surface area (Å²) in [4.78, 5) is 14.1. The van der Waals surface area contributed by atoms with Crippen molar-refractivity contribution in [3.63, 3.8) is 0 Å². The van der Waals surface area contributed by atoms with Gasteiger partial charge in [0.2, 0.25) is 0 Å². The molecule has 4 aromatic carbocycles. The standard InChI is InChI=1S/C29H20O2/c30-28-25(19-11-3-1-4-12-19)27-23-17-8-7-15-21(23)22-16-9-10-18-24(22)29(27,31)26(28)20-13-5-2-6-14-20/h1-18,26,31H/t26-,29+/m0/s1. The van der Waals surface area contributed by atoms with E-state index in [2.05, 4.69) is 6.07 Å². The highest BCUT2D eigenvalue weighted by Gasteiger charge is 2.57. The van der Waals surface area contributed by atoms with E-state index in [0.29, 0.717) is 11.1 Å². The Bertz CT molecular complexity index is 1350. The van der Waals surface area contributed by atoms with Crippen LogP contribution in [0.2, 0.25) is 0 Å². The lowest BCUT2D eigenvalue weighted by molar-refractivity contribution is -0.118. The normalized spacial score (nSPS) is 21.5. The summed E-state index contributed by atoms with van der Waals surface area (Å²) in [5.41, 5.74) is 5.30. The fraction of sp³-hybridized carbons (Fsp3) is 0.0690. The predicted octanol–water partition coefficient (Wildman–Crippen LogP) is 5.83. The summed E-state index contributed by atoms with van der Waals surface area (Å²) in [7, 11) is 0. The fourth-order valence-electron chi connectivity index (χ4n) is 5.34. The molecule has 0 unspecified atom stereocenters. The van der Waals surface area contributed by atoms with Crippen LogP contribution in [0.4, 0.5) is 0 Å². The Morgan fingerprint density at radius 3 is 1.87 bits per heavy atom. The van der Waals surface area contributed by atoms with Gasteiger partial charge < -0.3 is 5.11 Å². The Balaban J connectivity index is 1.76. The van der Waals surface area contributed by atoms with Crippen molar-refractivity contribution in [3.05, 3.63) is 131 Å². The summed E-state index contributed by atoms with van der Waals surface area (Å²) >= 11 is 0. The molecule has 0 aromatic heterocycles. The first-order valence-electron chi connectivity index (χ1n) is 10.5. The quantitative estimate of drug-likeness (QED) is 0.459. The summed E-state index contributed by atoms with van der Waals surface area (Å²) in [6, 6.07) is 35.4. The minimum atomic E-state index is -1.44. The third kappa shape index (κ3) is 2.40. The van der Waals surface area contributed by atoms with Gasteiger partial charge in [0.05, 0.1) is 5.92 Å². The second-order valence-electron chi connectivity index (χ2n) is 8.18. The van der Waals surface area contributed by atoms with E-state index in [1.54, 1.807) is 0 Å². The number of fused-ring (bicyclic) bond motifs is 6. The summed E-state index contributed by atoms with van der Waals surface area (Å²) in [5.74, 6) is -0.741. The molecule has 2 nitrogen and oxygen atoms in total. The number of Topliss-reactive ketones (excluding diaryl/α,β-unsaturated/α-hetero) is 1. The number of aliphatic hydroxyl groups is 1. The Labute approximate surface area is 181 Å². The van der Waals surface area contributed by atoms with E-state index in [9.17, 15) is 9.90 Å². The molecule has 0 aliphatic heterocycles. The van der Waals surface area contributed by atoms with Gasteiger partial charge in [-0.2, -0.15) is 0 Å². The van der Waals surface area contributed by atoms with E-state index in [4.69, 9.17) is 0 Å². The molecule has 2 heteroatoms. The van der Waals surface area contributed by atoms with Gasteiger partial charge in [-0.25, -0.2) is 0 Å². The number of allylic oxidation sites excluding steroid dienone is 1. The van der Waals surface area contributed by atoms with Crippen molar-refractivity contribution in [1.82, 2.24) is 0 Å². The molecule has 0 radical (unpaired) electrons. The van der Waals surface area contributed by atoms with Crippen LogP contribution in [0, 0.1) is 0 Å². The molecule has 0 saturated heterocycles. The molecule has 0 heterocycles. The minimum Gasteiger partial charge on any atom is -0.379 e. The Morgan fingerprint density at radius 2 is 1.16 bits per heavy atom. The van der Waals surface area contributed by atoms with E-state index in [0.717, 1.165) is 33.4 Å². The first-order chi connectivity index (χ1) is 15.2. The van der Waals surface area contributed by atoms with Gasteiger partial charge in [0.25, 0.3) is 0 Å². The monoisotopic (exact) mass is 400 g/mol. The summed E-state index contributed by atoms with van der Waals surface area (Å²) < 4.78 is 0. The van der Waals surface area contributed by atoms with Crippen LogP contribution in [-0.2, 0) is 10.4 Å². The van der Waals surface area contributed by atoms with Gasteiger partial charge in [0, 0.05) is 11.1 Å². The molecule has 6 rings (SSSR count). The number of benzene rings is 4. The van der Waals surface area contributed by atoms with Crippen molar-refractivity contribution in [1.29, 1.82) is 0 Å². The third-order valence-corrected chi connectivity index (χ3v) is 6.58. The van der Waals surface area contributed by atoms with Crippen molar-refractivity contribution in [2.75, 3.05) is 0 Å². The van der Waals surface area contributed by atoms with Crippen LogP contribution >= 0.6 is 0 Å². The second kappa shape index (κ2) is 6.63. The molecule has 2 aliphatic rings. The van der Waals surface area contributed by atoms with E-state index >= 15 is 0 Å². The molecule has 0 spiro atoms. The lowest BCUT2D eigenvalue weighted by Crippen LogP contribution is -2.36. The van der Waals surface area contributed by atoms with Gasteiger partial charge in [-0.05, 0) is 33.4 Å². The van der Waals surface area contributed by atoms with Crippen LogP contribution in [0.15, 0.2) is 109 Å². The molecule has 2 atom stereocenters. The van der Waals surface area contributed by atoms with Gasteiger partial charge in [0.15, 0.2) is 5.78 Å². The van der Waals surface area contributed by atoms with Crippen molar-refractivity contribution in [3.8, 4) is 11.1 Å². The number of hydrogen-bond acceptors (Lipinski definition) is 2. The molecule has 0 bridgehead atoms. The lowest BCUT2D eigenvalue weighted by atomic mass is 9.68. The highest BCUT2D eigenvalue weighted by atomic mass is 16.3. The van der Waals surface area contributed by atoms with Gasteiger partial charge >= 0.3 is 0 Å². The minimum absolute atomic E-state index is 0.0404. The number of ketones is 1. The van der Waals surface area contributed by atoms with Crippen LogP contribution in [-0.4, -0.2) is 10.9 Å².